The normalized spacial score (nSPS) is 17.0. The first-order chi connectivity index (χ1) is 17.3. The van der Waals surface area contributed by atoms with Crippen LogP contribution in [0.3, 0.4) is 0 Å². The third-order valence-electron chi connectivity index (χ3n) is 6.30. The van der Waals surface area contributed by atoms with Crippen molar-refractivity contribution in [2.75, 3.05) is 13.1 Å². The fraction of sp³-hybridized carbons (Fsp3) is 0.375. The molecule has 2 aromatic heterocycles. The van der Waals surface area contributed by atoms with Crippen molar-refractivity contribution < 1.29 is 24.3 Å². The minimum absolute atomic E-state index is 0.186. The number of nitrogens with one attached hydrogen (secondary N) is 4. The summed E-state index contributed by atoms with van der Waals surface area (Å²) in [5, 5.41) is 14.9. The predicted molar refractivity (Wildman–Crippen MR) is 130 cm³/mol. The number of likely N-dealkylation sites (tertiary alicyclic amines) is 1. The lowest BCUT2D eigenvalue weighted by Crippen LogP contribution is -2.56. The molecule has 0 saturated carbocycles. The summed E-state index contributed by atoms with van der Waals surface area (Å²) in [5.41, 5.74) is 8.52. The number of imidazole rings is 1. The maximum absolute atomic E-state index is 13.7. The Labute approximate surface area is 206 Å². The van der Waals surface area contributed by atoms with E-state index in [0.29, 0.717) is 25.1 Å². The number of carboxylic acid groups (broad SMARTS) is 1. The number of aromatic amines is 2. The minimum atomic E-state index is -1.17. The number of para-hydroxylation sites is 1. The average molecular weight is 496 g/mol. The van der Waals surface area contributed by atoms with Gasteiger partial charge in [0.15, 0.2) is 0 Å². The number of nitrogens with two attached hydrogens (primary N) is 1. The molecule has 3 amide bonds. The lowest BCUT2D eigenvalue weighted by Gasteiger charge is -2.29. The molecule has 36 heavy (non-hydrogen) atoms. The molecule has 1 aliphatic heterocycles. The highest BCUT2D eigenvalue weighted by Crippen LogP contribution is 2.23. The molecule has 3 atom stereocenters. The molecule has 1 aromatic carbocycles. The van der Waals surface area contributed by atoms with E-state index in [2.05, 4.69) is 25.6 Å². The van der Waals surface area contributed by atoms with Crippen molar-refractivity contribution in [2.45, 2.75) is 43.8 Å². The van der Waals surface area contributed by atoms with Gasteiger partial charge in [0.05, 0.1) is 12.4 Å². The average Bonchev–Trinajstić information content (AvgIpc) is 3.63. The maximum atomic E-state index is 13.7. The van der Waals surface area contributed by atoms with Crippen LogP contribution in [0.1, 0.15) is 24.1 Å². The highest BCUT2D eigenvalue weighted by Gasteiger charge is 2.38. The number of nitrogens with zero attached hydrogens (tertiary/aromatic N) is 2. The van der Waals surface area contributed by atoms with Gasteiger partial charge in [-0.1, -0.05) is 18.2 Å². The Hall–Kier alpha value is -4.19. The lowest BCUT2D eigenvalue weighted by atomic mass is 10.0. The number of carbonyl (C=O) groups is 4. The number of aromatic nitrogens is 3. The summed E-state index contributed by atoms with van der Waals surface area (Å²) in [4.78, 5) is 61.5. The molecule has 3 heterocycles. The molecule has 12 nitrogen and oxygen atoms in total. The first-order valence-electron chi connectivity index (χ1n) is 11.7. The predicted octanol–water partition coefficient (Wildman–Crippen LogP) is -0.320. The zero-order chi connectivity index (χ0) is 25.7. The Morgan fingerprint density at radius 1 is 1.19 bits per heavy atom. The first-order valence-corrected chi connectivity index (χ1v) is 11.7. The van der Waals surface area contributed by atoms with Gasteiger partial charge in [0.1, 0.15) is 18.6 Å². The van der Waals surface area contributed by atoms with Gasteiger partial charge < -0.3 is 36.3 Å². The summed E-state index contributed by atoms with van der Waals surface area (Å²) < 4.78 is 0. The van der Waals surface area contributed by atoms with E-state index in [1.807, 2.05) is 24.3 Å². The van der Waals surface area contributed by atoms with Gasteiger partial charge in [-0.05, 0) is 24.5 Å². The third kappa shape index (κ3) is 5.71. The maximum Gasteiger partial charge on any atom is 0.322 e. The molecule has 3 aromatic rings. The van der Waals surface area contributed by atoms with Crippen LogP contribution in [0.5, 0.6) is 0 Å². The minimum Gasteiger partial charge on any atom is -0.480 e. The number of carboxylic acids is 1. The molecule has 190 valence electrons. The van der Waals surface area contributed by atoms with E-state index in [4.69, 9.17) is 10.8 Å². The van der Waals surface area contributed by atoms with Crippen LogP contribution in [0.4, 0.5) is 0 Å². The van der Waals surface area contributed by atoms with Crippen LogP contribution in [-0.2, 0) is 32.0 Å². The van der Waals surface area contributed by atoms with E-state index >= 15 is 0 Å². The van der Waals surface area contributed by atoms with Crippen molar-refractivity contribution in [3.8, 4) is 0 Å². The van der Waals surface area contributed by atoms with Crippen LogP contribution in [-0.4, -0.2) is 79.9 Å². The van der Waals surface area contributed by atoms with E-state index in [9.17, 15) is 19.2 Å². The summed E-state index contributed by atoms with van der Waals surface area (Å²) >= 11 is 0. The second-order valence-corrected chi connectivity index (χ2v) is 8.81. The Bertz CT molecular complexity index is 1240. The molecule has 0 aliphatic carbocycles. The van der Waals surface area contributed by atoms with Crippen LogP contribution in [0.25, 0.3) is 10.9 Å². The van der Waals surface area contributed by atoms with Crippen LogP contribution in [0, 0.1) is 0 Å². The van der Waals surface area contributed by atoms with Gasteiger partial charge in [0.25, 0.3) is 0 Å². The van der Waals surface area contributed by atoms with Crippen LogP contribution in [0.2, 0.25) is 0 Å². The van der Waals surface area contributed by atoms with Crippen LogP contribution in [0.15, 0.2) is 43.0 Å². The number of benzene rings is 1. The standard InChI is InChI=1S/C24H29N7O5/c25-17(9-15-11-26-13-29-15)22(34)30-19(8-14-10-27-18-5-2-1-4-16(14)18)24(36)31-7-3-6-20(31)23(35)28-12-21(32)33/h1-2,4-5,10-11,13,17,19-20,27H,3,6-9,12,25H2,(H,26,29)(H,28,35)(H,30,34)(H,32,33). The summed E-state index contributed by atoms with van der Waals surface area (Å²) in [7, 11) is 0. The summed E-state index contributed by atoms with van der Waals surface area (Å²) in [6.45, 7) is -0.209. The zero-order valence-electron chi connectivity index (χ0n) is 19.6. The van der Waals surface area contributed by atoms with Crippen LogP contribution >= 0.6 is 0 Å². The van der Waals surface area contributed by atoms with Crippen molar-refractivity contribution >= 4 is 34.6 Å². The number of amides is 3. The molecule has 3 unspecified atom stereocenters. The molecule has 0 bridgehead atoms. The van der Waals surface area contributed by atoms with Crippen molar-refractivity contribution in [1.29, 1.82) is 0 Å². The van der Waals surface area contributed by atoms with Gasteiger partial charge in [-0.2, -0.15) is 0 Å². The monoisotopic (exact) mass is 495 g/mol. The molecular formula is C24H29N7O5. The van der Waals surface area contributed by atoms with E-state index in [-0.39, 0.29) is 12.8 Å². The third-order valence-corrected chi connectivity index (χ3v) is 6.30. The topological polar surface area (TPSA) is 186 Å². The largest absolute Gasteiger partial charge is 0.480 e. The second kappa shape index (κ2) is 11.0. The number of carbonyl (C=O) groups excluding carboxylic acids is 3. The van der Waals surface area contributed by atoms with E-state index in [1.165, 1.54) is 11.2 Å². The van der Waals surface area contributed by atoms with Crippen molar-refractivity contribution in [2.24, 2.45) is 5.73 Å². The highest BCUT2D eigenvalue weighted by molar-refractivity contribution is 5.95. The molecule has 1 fully saturated rings. The van der Waals surface area contributed by atoms with Gasteiger partial charge in [-0.25, -0.2) is 4.98 Å². The van der Waals surface area contributed by atoms with Crippen molar-refractivity contribution in [1.82, 2.24) is 30.5 Å². The first kappa shape index (κ1) is 24.9. The number of hydrogen-bond donors (Lipinski definition) is 6. The fourth-order valence-corrected chi connectivity index (χ4v) is 4.51. The molecule has 0 radical (unpaired) electrons. The number of aliphatic carboxylic acids is 1. The fourth-order valence-electron chi connectivity index (χ4n) is 4.51. The Kier molecular flexibility index (Phi) is 7.64. The number of H-pyrrole nitrogens is 2. The van der Waals surface area contributed by atoms with E-state index in [1.54, 1.807) is 12.4 Å². The second-order valence-electron chi connectivity index (χ2n) is 8.81. The Morgan fingerprint density at radius 3 is 2.75 bits per heavy atom. The Morgan fingerprint density at radius 2 is 2.00 bits per heavy atom. The van der Waals surface area contributed by atoms with E-state index in [0.717, 1.165) is 16.5 Å². The lowest BCUT2D eigenvalue weighted by molar-refractivity contribution is -0.142. The van der Waals surface area contributed by atoms with Crippen molar-refractivity contribution in [3.05, 3.63) is 54.2 Å². The molecule has 7 N–H and O–H groups in total. The smallest absolute Gasteiger partial charge is 0.322 e. The molecule has 1 aliphatic rings. The molecule has 12 heteroatoms. The van der Waals surface area contributed by atoms with Gasteiger partial charge in [0, 0.05) is 48.4 Å². The zero-order valence-corrected chi connectivity index (χ0v) is 19.6. The molecular weight excluding hydrogens is 466 g/mol. The highest BCUT2D eigenvalue weighted by atomic mass is 16.4. The Balaban J connectivity index is 1.54. The number of fused-ring (bicyclic) bond motifs is 1. The summed E-state index contributed by atoms with van der Waals surface area (Å²) in [6, 6.07) is 4.92. The summed E-state index contributed by atoms with van der Waals surface area (Å²) in [5.74, 6) is -2.63. The SMILES string of the molecule is NC(Cc1cnc[nH]1)C(=O)NC(Cc1c[nH]c2ccccc12)C(=O)N1CCCC1C(=O)NCC(=O)O. The number of hydrogen-bond acceptors (Lipinski definition) is 6. The van der Waals surface area contributed by atoms with Gasteiger partial charge in [-0.3, -0.25) is 19.2 Å². The van der Waals surface area contributed by atoms with Crippen molar-refractivity contribution in [3.63, 3.8) is 0 Å². The number of rotatable bonds is 10. The molecule has 0 spiro atoms. The molecule has 1 saturated heterocycles. The van der Waals surface area contributed by atoms with Gasteiger partial charge >= 0.3 is 5.97 Å². The molecule has 4 rings (SSSR count). The van der Waals surface area contributed by atoms with E-state index < -0.39 is 48.4 Å². The van der Waals surface area contributed by atoms with Gasteiger partial charge in [0.2, 0.25) is 17.7 Å². The summed E-state index contributed by atoms with van der Waals surface area (Å²) in [6.07, 6.45) is 6.25. The quantitative estimate of drug-likeness (QED) is 0.222. The van der Waals surface area contributed by atoms with Crippen LogP contribution < -0.4 is 16.4 Å². The van der Waals surface area contributed by atoms with Gasteiger partial charge in [-0.15, -0.1) is 0 Å².